The van der Waals surface area contributed by atoms with E-state index in [1.165, 1.54) is 13.1 Å². The van der Waals surface area contributed by atoms with Gasteiger partial charge in [0.15, 0.2) is 23.4 Å². The van der Waals surface area contributed by atoms with Crippen molar-refractivity contribution in [2.24, 2.45) is 5.10 Å². The first-order valence-electron chi connectivity index (χ1n) is 12.4. The zero-order chi connectivity index (χ0) is 29.3. The number of hydrogen-bond donors (Lipinski definition) is 1. The Kier molecular flexibility index (Phi) is 8.00. The van der Waals surface area contributed by atoms with E-state index in [1.807, 2.05) is 6.07 Å². The topological polar surface area (TPSA) is 125 Å². The summed E-state index contributed by atoms with van der Waals surface area (Å²) in [4.78, 5) is 29.7. The lowest BCUT2D eigenvalue weighted by atomic mass is 10.2. The van der Waals surface area contributed by atoms with Crippen molar-refractivity contribution in [1.29, 1.82) is 0 Å². The highest BCUT2D eigenvalue weighted by atomic mass is 79.9. The summed E-state index contributed by atoms with van der Waals surface area (Å²) in [5.74, 6) is 0.202. The van der Waals surface area contributed by atoms with Crippen LogP contribution in [0.1, 0.15) is 19.4 Å². The summed E-state index contributed by atoms with van der Waals surface area (Å²) in [5, 5.41) is 14.9. The van der Waals surface area contributed by atoms with Crippen LogP contribution in [0.25, 0.3) is 33.5 Å². The van der Waals surface area contributed by atoms with Gasteiger partial charge in [0.05, 0.1) is 36.2 Å². The largest absolute Gasteiger partial charge is 0.496 e. The lowest BCUT2D eigenvalue weighted by Crippen LogP contribution is -2.23. The molecule has 41 heavy (non-hydrogen) atoms. The van der Waals surface area contributed by atoms with Crippen LogP contribution in [0.5, 0.6) is 17.2 Å². The van der Waals surface area contributed by atoms with Crippen molar-refractivity contribution in [1.82, 2.24) is 9.66 Å². The van der Waals surface area contributed by atoms with E-state index in [-0.39, 0.29) is 29.0 Å². The van der Waals surface area contributed by atoms with Crippen molar-refractivity contribution in [3.05, 3.63) is 80.0 Å². The number of halogens is 2. The van der Waals surface area contributed by atoms with Gasteiger partial charge in [0.1, 0.15) is 16.4 Å². The molecule has 0 bridgehead atoms. The number of methoxy groups -OCH3 is 1. The van der Waals surface area contributed by atoms with Crippen LogP contribution >= 0.6 is 27.5 Å². The summed E-state index contributed by atoms with van der Waals surface area (Å²) in [6.45, 7) is 3.41. The minimum atomic E-state index is -1.18. The maximum absolute atomic E-state index is 13.6. The number of para-hydroxylation sites is 1. The number of nitrogens with zero attached hydrogens (tertiary/aromatic N) is 3. The molecule has 210 valence electrons. The molecule has 5 rings (SSSR count). The molecule has 2 aromatic heterocycles. The minimum Gasteiger partial charge on any atom is -0.496 e. The highest BCUT2D eigenvalue weighted by molar-refractivity contribution is 9.10. The van der Waals surface area contributed by atoms with Crippen molar-refractivity contribution in [2.45, 2.75) is 20.0 Å². The SMILES string of the molecule is CCOc1cc(C=Nn2c(-c3cc4c(OC)cccc4o3)nc3ccccc3c2=O)c(Br)c(Cl)c1O[C@H](C)C(=O)O. The fourth-order valence-electron chi connectivity index (χ4n) is 4.13. The summed E-state index contributed by atoms with van der Waals surface area (Å²) in [5.41, 5.74) is 1.05. The maximum atomic E-state index is 13.6. The van der Waals surface area contributed by atoms with E-state index in [4.69, 9.17) is 35.2 Å². The van der Waals surface area contributed by atoms with Crippen molar-refractivity contribution < 1.29 is 28.5 Å². The second-order valence-electron chi connectivity index (χ2n) is 8.75. The van der Waals surface area contributed by atoms with E-state index < -0.39 is 17.6 Å². The Bertz CT molecular complexity index is 1880. The Hall–Kier alpha value is -4.35. The molecule has 0 spiro atoms. The number of fused-ring (bicyclic) bond motifs is 2. The molecular weight excluding hydrogens is 618 g/mol. The van der Waals surface area contributed by atoms with Crippen LogP contribution in [0, 0.1) is 0 Å². The van der Waals surface area contributed by atoms with Gasteiger partial charge in [-0.25, -0.2) is 9.78 Å². The van der Waals surface area contributed by atoms with E-state index in [1.54, 1.807) is 62.6 Å². The third-order valence-electron chi connectivity index (χ3n) is 6.13. The van der Waals surface area contributed by atoms with Crippen molar-refractivity contribution in [3.63, 3.8) is 0 Å². The molecule has 1 atom stereocenters. The van der Waals surface area contributed by atoms with E-state index in [9.17, 15) is 14.7 Å². The third-order valence-corrected chi connectivity index (χ3v) is 7.57. The smallest absolute Gasteiger partial charge is 0.344 e. The third kappa shape index (κ3) is 5.38. The Morgan fingerprint density at radius 3 is 2.71 bits per heavy atom. The fourth-order valence-corrected chi connectivity index (χ4v) is 4.77. The molecule has 0 unspecified atom stereocenters. The summed E-state index contributed by atoms with van der Waals surface area (Å²) in [7, 11) is 1.56. The monoisotopic (exact) mass is 639 g/mol. The van der Waals surface area contributed by atoms with Gasteiger partial charge in [-0.3, -0.25) is 4.79 Å². The van der Waals surface area contributed by atoms with Crippen LogP contribution in [0.2, 0.25) is 5.02 Å². The van der Waals surface area contributed by atoms with Crippen LogP contribution < -0.4 is 19.8 Å². The zero-order valence-electron chi connectivity index (χ0n) is 22.1. The molecule has 0 radical (unpaired) electrons. The Morgan fingerprint density at radius 2 is 1.98 bits per heavy atom. The van der Waals surface area contributed by atoms with E-state index >= 15 is 0 Å². The Morgan fingerprint density at radius 1 is 1.20 bits per heavy atom. The van der Waals surface area contributed by atoms with Crippen molar-refractivity contribution in [3.8, 4) is 28.8 Å². The van der Waals surface area contributed by atoms with Crippen molar-refractivity contribution >= 4 is 61.6 Å². The van der Waals surface area contributed by atoms with Gasteiger partial charge in [-0.1, -0.05) is 29.8 Å². The highest BCUT2D eigenvalue weighted by Gasteiger charge is 2.23. The molecule has 5 aromatic rings. The molecule has 0 aliphatic carbocycles. The van der Waals surface area contributed by atoms with Crippen LogP contribution in [-0.2, 0) is 4.79 Å². The van der Waals surface area contributed by atoms with Gasteiger partial charge in [-0.05, 0) is 66.2 Å². The van der Waals surface area contributed by atoms with Crippen LogP contribution in [0.4, 0.5) is 0 Å². The lowest BCUT2D eigenvalue weighted by molar-refractivity contribution is -0.144. The van der Waals surface area contributed by atoms with Gasteiger partial charge in [0.25, 0.3) is 5.56 Å². The molecule has 10 nitrogen and oxygen atoms in total. The molecule has 12 heteroatoms. The predicted molar refractivity (Wildman–Crippen MR) is 159 cm³/mol. The van der Waals surface area contributed by atoms with Gasteiger partial charge in [-0.2, -0.15) is 9.78 Å². The summed E-state index contributed by atoms with van der Waals surface area (Å²) in [6.07, 6.45) is 0.235. The average molecular weight is 641 g/mol. The van der Waals surface area contributed by atoms with E-state index in [0.717, 1.165) is 4.68 Å². The standard InChI is InChI=1S/C29H23BrClN3O7/c1-4-39-22-12-16(24(30)25(31)26(22)40-15(2)29(36)37)14-32-34-27(33-19-9-6-5-8-17(19)28(34)35)23-13-18-20(38-3)10-7-11-21(18)41-23/h5-15H,4H2,1-3H3,(H,36,37)/t15-/m1/s1. The molecule has 0 aliphatic rings. The van der Waals surface area contributed by atoms with Gasteiger partial charge in [0.2, 0.25) is 5.82 Å². The number of benzene rings is 3. The van der Waals surface area contributed by atoms with Crippen LogP contribution in [-0.4, -0.2) is 46.8 Å². The maximum Gasteiger partial charge on any atom is 0.344 e. The molecule has 0 fully saturated rings. The van der Waals surface area contributed by atoms with Gasteiger partial charge >= 0.3 is 5.97 Å². The number of aromatic nitrogens is 2. The van der Waals surface area contributed by atoms with Crippen molar-refractivity contribution in [2.75, 3.05) is 13.7 Å². The molecule has 1 N–H and O–H groups in total. The second kappa shape index (κ2) is 11.6. The molecule has 2 heterocycles. The van der Waals surface area contributed by atoms with Crippen LogP contribution in [0.3, 0.4) is 0 Å². The van der Waals surface area contributed by atoms with Gasteiger partial charge in [0, 0.05) is 10.0 Å². The number of carbonyl (C=O) groups is 1. The van der Waals surface area contributed by atoms with E-state index in [2.05, 4.69) is 21.0 Å². The first kappa shape index (κ1) is 28.2. The molecule has 0 saturated carbocycles. The first-order valence-corrected chi connectivity index (χ1v) is 13.6. The summed E-state index contributed by atoms with van der Waals surface area (Å²) < 4.78 is 24.3. The van der Waals surface area contributed by atoms with Gasteiger partial charge < -0.3 is 23.7 Å². The number of carboxylic acid groups (broad SMARTS) is 1. The quantitative estimate of drug-likeness (QED) is 0.184. The molecule has 0 saturated heterocycles. The molecular formula is C29H23BrClN3O7. The predicted octanol–water partition coefficient (Wildman–Crippen LogP) is 6.37. The zero-order valence-corrected chi connectivity index (χ0v) is 24.4. The number of rotatable bonds is 9. The van der Waals surface area contributed by atoms with Crippen LogP contribution in [0.15, 0.2) is 73.4 Å². The Labute approximate surface area is 246 Å². The fraction of sp³-hybridized carbons (Fsp3) is 0.172. The highest BCUT2D eigenvalue weighted by Crippen LogP contribution is 2.43. The number of carboxylic acids is 1. The number of ether oxygens (including phenoxy) is 3. The summed E-state index contributed by atoms with van der Waals surface area (Å²) in [6, 6.07) is 15.7. The minimum absolute atomic E-state index is 0.0638. The number of aliphatic carboxylic acids is 1. The Balaban J connectivity index is 1.68. The molecule has 3 aromatic carbocycles. The normalized spacial score (nSPS) is 12.2. The van der Waals surface area contributed by atoms with E-state index in [0.29, 0.717) is 43.4 Å². The van der Waals surface area contributed by atoms with Gasteiger partial charge in [-0.15, -0.1) is 0 Å². The number of furan rings is 1. The first-order chi connectivity index (χ1) is 19.7. The second-order valence-corrected chi connectivity index (χ2v) is 9.92. The molecule has 0 aliphatic heterocycles. The summed E-state index contributed by atoms with van der Waals surface area (Å²) >= 11 is 10.0. The average Bonchev–Trinajstić information content (AvgIpc) is 3.41. The molecule has 0 amide bonds. The number of hydrogen-bond acceptors (Lipinski definition) is 8. The lowest BCUT2D eigenvalue weighted by Gasteiger charge is -2.18.